The smallest absolute Gasteiger partial charge is 0.319 e. The van der Waals surface area contributed by atoms with E-state index in [-0.39, 0.29) is 0 Å². The lowest BCUT2D eigenvalue weighted by Crippen LogP contribution is -2.48. The van der Waals surface area contributed by atoms with Crippen molar-refractivity contribution in [3.8, 4) is 0 Å². The SMILES string of the molecule is Cc1c(F)cccc1NC(=O)NC1CCCC1(C)C(=O)O. The van der Waals surface area contributed by atoms with Gasteiger partial charge in [0.15, 0.2) is 0 Å². The molecule has 2 rings (SSSR count). The van der Waals surface area contributed by atoms with Gasteiger partial charge in [-0.3, -0.25) is 4.79 Å². The summed E-state index contributed by atoms with van der Waals surface area (Å²) in [6.07, 6.45) is 1.91. The maximum absolute atomic E-state index is 13.4. The molecule has 0 heterocycles. The number of rotatable bonds is 3. The highest BCUT2D eigenvalue weighted by Gasteiger charge is 2.45. The molecule has 1 saturated carbocycles. The molecule has 114 valence electrons. The molecular weight excluding hydrogens is 275 g/mol. The number of carbonyl (C=O) groups excluding carboxylic acids is 1. The molecule has 2 amide bonds. The van der Waals surface area contributed by atoms with Gasteiger partial charge in [0.1, 0.15) is 5.82 Å². The predicted molar refractivity (Wildman–Crippen MR) is 76.7 cm³/mol. The molecule has 5 nitrogen and oxygen atoms in total. The van der Waals surface area contributed by atoms with Gasteiger partial charge in [-0.2, -0.15) is 0 Å². The Morgan fingerprint density at radius 2 is 2.14 bits per heavy atom. The number of nitrogens with one attached hydrogen (secondary N) is 2. The van der Waals surface area contributed by atoms with Crippen LogP contribution in [0.4, 0.5) is 14.9 Å². The van der Waals surface area contributed by atoms with Crippen LogP contribution >= 0.6 is 0 Å². The van der Waals surface area contributed by atoms with E-state index in [1.165, 1.54) is 12.1 Å². The van der Waals surface area contributed by atoms with Crippen molar-refractivity contribution in [3.63, 3.8) is 0 Å². The molecule has 1 aromatic carbocycles. The molecule has 0 spiro atoms. The van der Waals surface area contributed by atoms with Crippen LogP contribution in [-0.4, -0.2) is 23.1 Å². The molecule has 0 aliphatic heterocycles. The number of benzene rings is 1. The van der Waals surface area contributed by atoms with Crippen molar-refractivity contribution in [1.82, 2.24) is 5.32 Å². The number of aliphatic carboxylic acids is 1. The summed E-state index contributed by atoms with van der Waals surface area (Å²) in [6.45, 7) is 3.21. The van der Waals surface area contributed by atoms with Crippen LogP contribution in [0.5, 0.6) is 0 Å². The molecule has 2 unspecified atom stereocenters. The van der Waals surface area contributed by atoms with Crippen molar-refractivity contribution in [2.45, 2.75) is 39.2 Å². The van der Waals surface area contributed by atoms with Crippen LogP contribution in [-0.2, 0) is 4.79 Å². The van der Waals surface area contributed by atoms with Crippen molar-refractivity contribution in [1.29, 1.82) is 0 Å². The van der Waals surface area contributed by atoms with E-state index in [2.05, 4.69) is 10.6 Å². The van der Waals surface area contributed by atoms with E-state index in [1.807, 2.05) is 0 Å². The van der Waals surface area contributed by atoms with Crippen LogP contribution < -0.4 is 10.6 Å². The summed E-state index contributed by atoms with van der Waals surface area (Å²) >= 11 is 0. The van der Waals surface area contributed by atoms with Crippen LogP contribution in [0.25, 0.3) is 0 Å². The first kappa shape index (κ1) is 15.3. The summed E-state index contributed by atoms with van der Waals surface area (Å²) < 4.78 is 13.4. The maximum atomic E-state index is 13.4. The predicted octanol–water partition coefficient (Wildman–Crippen LogP) is 2.90. The second-order valence-electron chi connectivity index (χ2n) is 5.68. The van der Waals surface area contributed by atoms with E-state index in [0.29, 0.717) is 24.1 Å². The number of carboxylic acid groups (broad SMARTS) is 1. The summed E-state index contributed by atoms with van der Waals surface area (Å²) in [7, 11) is 0. The molecule has 0 bridgehead atoms. The van der Waals surface area contributed by atoms with Gasteiger partial charge in [0.2, 0.25) is 0 Å². The first-order valence-electron chi connectivity index (χ1n) is 6.90. The quantitative estimate of drug-likeness (QED) is 0.802. The topological polar surface area (TPSA) is 78.4 Å². The molecular formula is C15H19FN2O3. The van der Waals surface area contributed by atoms with Crippen LogP contribution in [0.2, 0.25) is 0 Å². The minimum Gasteiger partial charge on any atom is -0.481 e. The average molecular weight is 294 g/mol. The third-order valence-corrected chi connectivity index (χ3v) is 4.27. The van der Waals surface area contributed by atoms with Crippen LogP contribution in [0, 0.1) is 18.2 Å². The van der Waals surface area contributed by atoms with Crippen LogP contribution in [0.1, 0.15) is 31.7 Å². The zero-order valence-electron chi connectivity index (χ0n) is 12.1. The summed E-state index contributed by atoms with van der Waals surface area (Å²) in [5.74, 6) is -1.31. The molecule has 0 saturated heterocycles. The van der Waals surface area contributed by atoms with Gasteiger partial charge in [-0.15, -0.1) is 0 Å². The van der Waals surface area contributed by atoms with Crippen molar-refractivity contribution in [2.24, 2.45) is 5.41 Å². The summed E-state index contributed by atoms with van der Waals surface area (Å²) in [4.78, 5) is 23.4. The molecule has 0 aromatic heterocycles. The standard InChI is InChI=1S/C15H19FN2O3/c1-9-10(16)5-3-6-11(9)17-14(21)18-12-7-4-8-15(12,2)13(19)20/h3,5-6,12H,4,7-8H2,1-2H3,(H,19,20)(H2,17,18,21). The molecule has 6 heteroatoms. The van der Waals surface area contributed by atoms with Gasteiger partial charge in [0, 0.05) is 17.3 Å². The molecule has 21 heavy (non-hydrogen) atoms. The lowest BCUT2D eigenvalue weighted by atomic mass is 9.85. The lowest BCUT2D eigenvalue weighted by molar-refractivity contribution is -0.148. The number of hydrogen-bond acceptors (Lipinski definition) is 2. The Balaban J connectivity index is 2.05. The normalized spacial score (nSPS) is 24.6. The number of halogens is 1. The van der Waals surface area contributed by atoms with Gasteiger partial charge in [-0.25, -0.2) is 9.18 Å². The summed E-state index contributed by atoms with van der Waals surface area (Å²) in [6, 6.07) is 3.49. The van der Waals surface area contributed by atoms with Gasteiger partial charge < -0.3 is 15.7 Å². The van der Waals surface area contributed by atoms with Crippen LogP contribution in [0.15, 0.2) is 18.2 Å². The third-order valence-electron chi connectivity index (χ3n) is 4.27. The molecule has 2 atom stereocenters. The fourth-order valence-electron chi connectivity index (χ4n) is 2.71. The highest BCUT2D eigenvalue weighted by atomic mass is 19.1. The zero-order chi connectivity index (χ0) is 15.6. The monoisotopic (exact) mass is 294 g/mol. The van der Waals surface area contributed by atoms with Gasteiger partial charge in [-0.1, -0.05) is 12.5 Å². The summed E-state index contributed by atoms with van der Waals surface area (Å²) in [5.41, 5.74) is -0.225. The van der Waals surface area contributed by atoms with E-state index in [1.54, 1.807) is 19.9 Å². The van der Waals surface area contributed by atoms with Crippen molar-refractivity contribution < 1.29 is 19.1 Å². The van der Waals surface area contributed by atoms with E-state index < -0.39 is 29.3 Å². The molecule has 1 aromatic rings. The Bertz CT molecular complexity index is 576. The highest BCUT2D eigenvalue weighted by molar-refractivity contribution is 5.91. The Hall–Kier alpha value is -2.11. The Kier molecular flexibility index (Phi) is 4.16. The number of carbonyl (C=O) groups is 2. The minimum absolute atomic E-state index is 0.347. The lowest BCUT2D eigenvalue weighted by Gasteiger charge is -2.27. The van der Waals surface area contributed by atoms with Gasteiger partial charge >= 0.3 is 12.0 Å². The zero-order valence-corrected chi connectivity index (χ0v) is 12.1. The Labute approximate surface area is 122 Å². The average Bonchev–Trinajstić information content (AvgIpc) is 2.78. The van der Waals surface area contributed by atoms with Gasteiger partial charge in [0.25, 0.3) is 0 Å². The fraction of sp³-hybridized carbons (Fsp3) is 0.467. The van der Waals surface area contributed by atoms with Crippen molar-refractivity contribution in [2.75, 3.05) is 5.32 Å². The van der Waals surface area contributed by atoms with Gasteiger partial charge in [0.05, 0.1) is 5.41 Å². The van der Waals surface area contributed by atoms with E-state index >= 15 is 0 Å². The minimum atomic E-state index is -0.950. The fourth-order valence-corrected chi connectivity index (χ4v) is 2.71. The Morgan fingerprint density at radius 3 is 2.81 bits per heavy atom. The van der Waals surface area contributed by atoms with Crippen LogP contribution in [0.3, 0.4) is 0 Å². The van der Waals surface area contributed by atoms with E-state index in [0.717, 1.165) is 6.42 Å². The highest BCUT2D eigenvalue weighted by Crippen LogP contribution is 2.38. The molecule has 1 aliphatic rings. The maximum Gasteiger partial charge on any atom is 0.319 e. The molecule has 0 radical (unpaired) electrons. The summed E-state index contributed by atoms with van der Waals surface area (Å²) in [5, 5.41) is 14.6. The third kappa shape index (κ3) is 2.99. The number of amides is 2. The molecule has 3 N–H and O–H groups in total. The molecule has 1 fully saturated rings. The van der Waals surface area contributed by atoms with Gasteiger partial charge in [-0.05, 0) is 38.8 Å². The second kappa shape index (κ2) is 5.71. The van der Waals surface area contributed by atoms with E-state index in [9.17, 15) is 19.1 Å². The number of anilines is 1. The number of carboxylic acids is 1. The van der Waals surface area contributed by atoms with Crippen molar-refractivity contribution in [3.05, 3.63) is 29.6 Å². The molecule has 1 aliphatic carbocycles. The van der Waals surface area contributed by atoms with E-state index in [4.69, 9.17) is 0 Å². The van der Waals surface area contributed by atoms with Crippen molar-refractivity contribution >= 4 is 17.7 Å². The Morgan fingerprint density at radius 1 is 1.43 bits per heavy atom. The number of hydrogen-bond donors (Lipinski definition) is 3. The first-order valence-corrected chi connectivity index (χ1v) is 6.90. The largest absolute Gasteiger partial charge is 0.481 e. The first-order chi connectivity index (χ1) is 9.84. The second-order valence-corrected chi connectivity index (χ2v) is 5.68. The number of urea groups is 1.